The van der Waals surface area contributed by atoms with E-state index in [0.717, 1.165) is 0 Å². The highest BCUT2D eigenvalue weighted by atomic mass is 16.6. The molecule has 62 valence electrons. The Morgan fingerprint density at radius 3 is 2.82 bits per heavy atom. The van der Waals surface area contributed by atoms with Gasteiger partial charge in [0.15, 0.2) is 0 Å². The molecule has 1 aliphatic rings. The molecule has 6 heteroatoms. The van der Waals surface area contributed by atoms with Crippen molar-refractivity contribution in [3.63, 3.8) is 0 Å². The van der Waals surface area contributed by atoms with Crippen molar-refractivity contribution in [3.8, 4) is 0 Å². The molecule has 1 heterocycles. The monoisotopic (exact) mass is 158 g/mol. The van der Waals surface area contributed by atoms with E-state index in [1.807, 2.05) is 13.8 Å². The second kappa shape index (κ2) is 2.73. The lowest BCUT2D eigenvalue weighted by Gasteiger charge is -2.19. The molecule has 1 N–H and O–H groups in total. The van der Waals surface area contributed by atoms with E-state index in [9.17, 15) is 10.1 Å². The van der Waals surface area contributed by atoms with Crippen molar-refractivity contribution in [2.75, 3.05) is 0 Å². The largest absolute Gasteiger partial charge is 0.381 e. The van der Waals surface area contributed by atoms with Gasteiger partial charge in [-0.1, -0.05) is 0 Å². The van der Waals surface area contributed by atoms with Crippen LogP contribution in [0.25, 0.3) is 0 Å². The molecule has 0 amide bonds. The average molecular weight is 158 g/mol. The van der Waals surface area contributed by atoms with E-state index < -0.39 is 11.2 Å². The molecule has 0 spiro atoms. The highest BCUT2D eigenvalue weighted by Gasteiger charge is 2.31. The van der Waals surface area contributed by atoms with Crippen molar-refractivity contribution in [2.24, 2.45) is 5.10 Å². The van der Waals surface area contributed by atoms with Crippen LogP contribution >= 0.6 is 0 Å². The zero-order chi connectivity index (χ0) is 8.43. The van der Waals surface area contributed by atoms with Crippen molar-refractivity contribution in [3.05, 3.63) is 10.1 Å². The van der Waals surface area contributed by atoms with Crippen LogP contribution < -0.4 is 5.43 Å². The third-order valence-corrected chi connectivity index (χ3v) is 1.46. The van der Waals surface area contributed by atoms with Gasteiger partial charge in [-0.2, -0.15) is 5.10 Å². The van der Waals surface area contributed by atoms with Crippen molar-refractivity contribution in [1.29, 1.82) is 0 Å². The van der Waals surface area contributed by atoms with Crippen LogP contribution in [-0.4, -0.2) is 28.5 Å². The van der Waals surface area contributed by atoms with Crippen molar-refractivity contribution < 1.29 is 4.92 Å². The molecule has 0 fully saturated rings. The Bertz CT molecular complexity index is 191. The third-order valence-electron chi connectivity index (χ3n) is 1.46. The summed E-state index contributed by atoms with van der Waals surface area (Å²) in [6.07, 6.45) is 0.549. The van der Waals surface area contributed by atoms with Crippen LogP contribution in [0.2, 0.25) is 0 Å². The summed E-state index contributed by atoms with van der Waals surface area (Å²) in [6.45, 7) is 3.74. The van der Waals surface area contributed by atoms with Gasteiger partial charge in [0.2, 0.25) is 0 Å². The molecule has 0 aromatic rings. The summed E-state index contributed by atoms with van der Waals surface area (Å²) in [6, 6.07) is 0.0872. The van der Waals surface area contributed by atoms with Gasteiger partial charge in [0.1, 0.15) is 6.34 Å². The van der Waals surface area contributed by atoms with E-state index in [4.69, 9.17) is 0 Å². The van der Waals surface area contributed by atoms with E-state index >= 15 is 0 Å². The van der Waals surface area contributed by atoms with Gasteiger partial charge >= 0.3 is 6.29 Å². The molecule has 1 unspecified atom stereocenters. The summed E-state index contributed by atoms with van der Waals surface area (Å²) in [5, 5.41) is 13.9. The van der Waals surface area contributed by atoms with E-state index in [2.05, 4.69) is 10.5 Å². The fourth-order valence-electron chi connectivity index (χ4n) is 0.868. The summed E-state index contributed by atoms with van der Waals surface area (Å²) in [7, 11) is 0. The first-order valence-electron chi connectivity index (χ1n) is 3.32. The first-order chi connectivity index (χ1) is 5.13. The number of rotatable bonds is 2. The number of nitro groups is 1. The highest BCUT2D eigenvalue weighted by molar-refractivity contribution is 5.56. The molecular formula is C5H10N4O2. The fraction of sp³-hybridized carbons (Fsp3) is 0.800. The summed E-state index contributed by atoms with van der Waals surface area (Å²) >= 11 is 0. The van der Waals surface area contributed by atoms with Crippen LogP contribution in [0.4, 0.5) is 0 Å². The Labute approximate surface area is 64.0 Å². The van der Waals surface area contributed by atoms with Gasteiger partial charge in [0, 0.05) is 6.04 Å². The minimum atomic E-state index is -0.894. The predicted molar refractivity (Wildman–Crippen MR) is 39.4 cm³/mol. The molecule has 6 nitrogen and oxygen atoms in total. The van der Waals surface area contributed by atoms with E-state index in [1.165, 1.54) is 6.34 Å². The molecule has 0 aromatic heterocycles. The van der Waals surface area contributed by atoms with Crippen molar-refractivity contribution in [2.45, 2.75) is 26.2 Å². The zero-order valence-corrected chi connectivity index (χ0v) is 6.39. The van der Waals surface area contributed by atoms with Crippen molar-refractivity contribution in [1.82, 2.24) is 10.3 Å². The molecule has 0 aromatic carbocycles. The molecule has 0 radical (unpaired) electrons. The lowest BCUT2D eigenvalue weighted by molar-refractivity contribution is -0.550. The Kier molecular flexibility index (Phi) is 1.93. The predicted octanol–water partition coefficient (Wildman–Crippen LogP) is -0.196. The normalized spacial score (nSPS) is 22.5. The van der Waals surface area contributed by atoms with Crippen LogP contribution in [0.1, 0.15) is 13.8 Å². The molecule has 0 aliphatic carbocycles. The van der Waals surface area contributed by atoms with Gasteiger partial charge in [-0.3, -0.25) is 15.0 Å². The second-order valence-corrected chi connectivity index (χ2v) is 2.57. The Morgan fingerprint density at radius 1 is 1.82 bits per heavy atom. The summed E-state index contributed by atoms with van der Waals surface area (Å²) in [4.78, 5) is 11.5. The molecule has 0 saturated heterocycles. The maximum atomic E-state index is 10.3. The number of hydrogen-bond donors (Lipinski definition) is 1. The maximum absolute atomic E-state index is 10.3. The third kappa shape index (κ3) is 1.39. The van der Waals surface area contributed by atoms with E-state index in [-0.39, 0.29) is 6.04 Å². The van der Waals surface area contributed by atoms with Gasteiger partial charge in [-0.05, 0) is 13.8 Å². The van der Waals surface area contributed by atoms with Crippen LogP contribution in [-0.2, 0) is 0 Å². The van der Waals surface area contributed by atoms with E-state index in [1.54, 1.807) is 4.90 Å². The van der Waals surface area contributed by atoms with Crippen molar-refractivity contribution >= 4 is 6.34 Å². The first-order valence-corrected chi connectivity index (χ1v) is 3.32. The summed E-state index contributed by atoms with van der Waals surface area (Å²) < 4.78 is 0. The molecule has 1 aliphatic heterocycles. The standard InChI is InChI=1S/C5H10N4O2/c1-4(2)8-3-6-7-5(8)9(10)11/h3-5,7H,1-2H3. The Morgan fingerprint density at radius 2 is 2.45 bits per heavy atom. The zero-order valence-electron chi connectivity index (χ0n) is 6.39. The minimum absolute atomic E-state index is 0.0872. The quantitative estimate of drug-likeness (QED) is 0.446. The Hall–Kier alpha value is -1.33. The smallest absolute Gasteiger partial charge is 0.277 e. The molecule has 11 heavy (non-hydrogen) atoms. The summed E-state index contributed by atoms with van der Waals surface area (Å²) in [5.74, 6) is 0. The fourth-order valence-corrected chi connectivity index (χ4v) is 0.868. The van der Waals surface area contributed by atoms with Crippen LogP contribution in [0.3, 0.4) is 0 Å². The van der Waals surface area contributed by atoms with Gasteiger partial charge in [-0.25, -0.2) is 5.43 Å². The lowest BCUT2D eigenvalue weighted by atomic mass is 10.3. The van der Waals surface area contributed by atoms with Gasteiger partial charge in [0.05, 0.1) is 4.92 Å². The average Bonchev–Trinajstić information content (AvgIpc) is 2.32. The van der Waals surface area contributed by atoms with Crippen LogP contribution in [0.15, 0.2) is 5.10 Å². The first kappa shape index (κ1) is 7.77. The van der Waals surface area contributed by atoms with Gasteiger partial charge in [-0.15, -0.1) is 0 Å². The molecule has 1 rings (SSSR count). The lowest BCUT2D eigenvalue weighted by Crippen LogP contribution is -2.46. The molecule has 0 saturated carbocycles. The number of hydrazone groups is 1. The van der Waals surface area contributed by atoms with Gasteiger partial charge in [0.25, 0.3) is 0 Å². The molecular weight excluding hydrogens is 148 g/mol. The van der Waals surface area contributed by atoms with Crippen LogP contribution in [0.5, 0.6) is 0 Å². The molecule has 1 atom stereocenters. The SMILES string of the molecule is CC(C)N1C=NNC1[N+](=O)[O-]. The number of nitrogens with one attached hydrogen (secondary N) is 1. The van der Waals surface area contributed by atoms with Gasteiger partial charge < -0.3 is 0 Å². The topological polar surface area (TPSA) is 70.8 Å². The highest BCUT2D eigenvalue weighted by Crippen LogP contribution is 2.05. The number of nitrogens with zero attached hydrogens (tertiary/aromatic N) is 3. The number of hydrogen-bond acceptors (Lipinski definition) is 5. The minimum Gasteiger partial charge on any atom is -0.277 e. The maximum Gasteiger partial charge on any atom is 0.381 e. The summed E-state index contributed by atoms with van der Waals surface area (Å²) in [5.41, 5.74) is 2.38. The Balaban J connectivity index is 2.63. The second-order valence-electron chi connectivity index (χ2n) is 2.57. The molecule has 0 bridgehead atoms. The van der Waals surface area contributed by atoms with E-state index in [0.29, 0.717) is 0 Å². The van der Waals surface area contributed by atoms with Crippen LogP contribution in [0, 0.1) is 10.1 Å².